The van der Waals surface area contributed by atoms with Gasteiger partial charge in [0.15, 0.2) is 0 Å². The van der Waals surface area contributed by atoms with Gasteiger partial charge in [-0.2, -0.15) is 0 Å². The van der Waals surface area contributed by atoms with Crippen LogP contribution in [0.2, 0.25) is 0 Å². The van der Waals surface area contributed by atoms with E-state index in [0.717, 1.165) is 0 Å². The molecule has 1 saturated heterocycles. The largest absolute Gasteiger partial charge is 0.303 e. The van der Waals surface area contributed by atoms with Crippen molar-refractivity contribution in [1.82, 2.24) is 9.80 Å². The molecule has 2 spiro atoms. The molecule has 12 heavy (non-hydrogen) atoms. The molecule has 2 aliphatic carbocycles. The summed E-state index contributed by atoms with van der Waals surface area (Å²) in [5.41, 5.74) is 1.23. The molecule has 1 aliphatic heterocycles. The maximum Gasteiger partial charge on any atom is 0.0340 e. The van der Waals surface area contributed by atoms with Crippen LogP contribution < -0.4 is 0 Å². The van der Waals surface area contributed by atoms with Crippen LogP contribution in [0.3, 0.4) is 0 Å². The van der Waals surface area contributed by atoms with Crippen LogP contribution in [-0.4, -0.2) is 48.1 Å². The van der Waals surface area contributed by atoms with Crippen LogP contribution in [0.25, 0.3) is 0 Å². The first kappa shape index (κ1) is 7.34. The maximum absolute atomic E-state index is 2.71. The second-order valence-electron chi connectivity index (χ2n) is 5.18. The molecule has 0 radical (unpaired) electrons. The van der Waals surface area contributed by atoms with E-state index >= 15 is 0 Å². The lowest BCUT2D eigenvalue weighted by molar-refractivity contribution is 0.0283. The molecule has 1 heterocycles. The van der Waals surface area contributed by atoms with Crippen molar-refractivity contribution in [1.29, 1.82) is 0 Å². The molecule has 2 saturated carbocycles. The molecule has 0 amide bonds. The van der Waals surface area contributed by atoms with Gasteiger partial charge in [-0.3, -0.25) is 4.90 Å². The fourth-order valence-corrected chi connectivity index (χ4v) is 3.05. The Morgan fingerprint density at radius 2 is 1.25 bits per heavy atom. The molecular weight excluding hydrogens is 148 g/mol. The van der Waals surface area contributed by atoms with Crippen molar-refractivity contribution in [2.24, 2.45) is 0 Å². The maximum atomic E-state index is 2.71. The first-order chi connectivity index (χ1) is 5.67. The third kappa shape index (κ3) is 0.775. The van der Waals surface area contributed by atoms with E-state index in [-0.39, 0.29) is 0 Å². The zero-order valence-electron chi connectivity index (χ0n) is 8.14. The zero-order valence-corrected chi connectivity index (χ0v) is 8.14. The van der Waals surface area contributed by atoms with E-state index in [4.69, 9.17) is 0 Å². The first-order valence-corrected chi connectivity index (χ1v) is 5.10. The van der Waals surface area contributed by atoms with E-state index in [1.54, 1.807) is 0 Å². The Morgan fingerprint density at radius 3 is 1.58 bits per heavy atom. The Morgan fingerprint density at radius 1 is 0.833 bits per heavy atom. The lowest BCUT2D eigenvalue weighted by atomic mass is 10.0. The highest BCUT2D eigenvalue weighted by Gasteiger charge is 2.61. The Balaban J connectivity index is 1.89. The second-order valence-corrected chi connectivity index (χ2v) is 5.18. The van der Waals surface area contributed by atoms with Crippen LogP contribution >= 0.6 is 0 Å². The minimum Gasteiger partial charge on any atom is -0.303 e. The molecule has 3 aliphatic rings. The predicted molar refractivity (Wildman–Crippen MR) is 49.2 cm³/mol. The molecule has 0 aromatic heterocycles. The number of rotatable bonds is 0. The molecule has 2 heteroatoms. The monoisotopic (exact) mass is 166 g/mol. The van der Waals surface area contributed by atoms with E-state index in [1.165, 1.54) is 38.8 Å². The summed E-state index contributed by atoms with van der Waals surface area (Å²) in [5.74, 6) is 0. The fraction of sp³-hybridized carbons (Fsp3) is 1.00. The lowest BCUT2D eigenvalue weighted by Gasteiger charge is -2.45. The summed E-state index contributed by atoms with van der Waals surface area (Å²) >= 11 is 0. The summed E-state index contributed by atoms with van der Waals surface area (Å²) in [6, 6.07) is 0. The van der Waals surface area contributed by atoms with Gasteiger partial charge in [0.05, 0.1) is 0 Å². The topological polar surface area (TPSA) is 6.48 Å². The SMILES string of the molecule is CN1CC2(CC2)N(C)C2(CC2)C1. The third-order valence-electron chi connectivity index (χ3n) is 4.21. The van der Waals surface area contributed by atoms with Crippen molar-refractivity contribution >= 4 is 0 Å². The minimum absolute atomic E-state index is 0.615. The number of hydrogen-bond donors (Lipinski definition) is 0. The molecule has 0 atom stereocenters. The first-order valence-electron chi connectivity index (χ1n) is 5.10. The minimum atomic E-state index is 0.615. The number of nitrogens with zero attached hydrogens (tertiary/aromatic N) is 2. The molecule has 0 aromatic carbocycles. The van der Waals surface area contributed by atoms with Crippen LogP contribution in [0.5, 0.6) is 0 Å². The standard InChI is InChI=1S/C10H18N2/c1-11-7-9(3-4-9)12(2)10(8-11)5-6-10/h3-8H2,1-2H3. The summed E-state index contributed by atoms with van der Waals surface area (Å²) in [5, 5.41) is 0. The highest BCUT2D eigenvalue weighted by atomic mass is 15.4. The molecule has 0 N–H and O–H groups in total. The van der Waals surface area contributed by atoms with Crippen LogP contribution in [0.4, 0.5) is 0 Å². The summed E-state index contributed by atoms with van der Waals surface area (Å²) in [4.78, 5) is 5.25. The molecule has 0 unspecified atom stereocenters. The van der Waals surface area contributed by atoms with Gasteiger partial charge in [-0.1, -0.05) is 0 Å². The van der Waals surface area contributed by atoms with E-state index in [1.807, 2.05) is 0 Å². The lowest BCUT2D eigenvalue weighted by Crippen LogP contribution is -2.59. The zero-order chi connectivity index (χ0) is 8.40. The Kier molecular flexibility index (Phi) is 1.15. The van der Waals surface area contributed by atoms with Crippen molar-refractivity contribution in [2.75, 3.05) is 27.2 Å². The summed E-state index contributed by atoms with van der Waals surface area (Å²) in [6.07, 6.45) is 5.76. The van der Waals surface area contributed by atoms with Crippen molar-refractivity contribution in [3.05, 3.63) is 0 Å². The van der Waals surface area contributed by atoms with Crippen LogP contribution in [0, 0.1) is 0 Å². The van der Waals surface area contributed by atoms with Crippen molar-refractivity contribution in [3.8, 4) is 0 Å². The second kappa shape index (κ2) is 1.88. The van der Waals surface area contributed by atoms with Crippen LogP contribution in [0.1, 0.15) is 25.7 Å². The van der Waals surface area contributed by atoms with E-state index in [0.29, 0.717) is 11.1 Å². The fourth-order valence-electron chi connectivity index (χ4n) is 3.05. The van der Waals surface area contributed by atoms with E-state index in [9.17, 15) is 0 Å². The van der Waals surface area contributed by atoms with Gasteiger partial charge >= 0.3 is 0 Å². The highest BCUT2D eigenvalue weighted by molar-refractivity contribution is 5.19. The number of likely N-dealkylation sites (N-methyl/N-ethyl adjacent to an activating group) is 2. The Labute approximate surface area is 74.5 Å². The summed E-state index contributed by atoms with van der Waals surface area (Å²) < 4.78 is 0. The molecule has 0 bridgehead atoms. The summed E-state index contributed by atoms with van der Waals surface area (Å²) in [6.45, 7) is 2.62. The average Bonchev–Trinajstić information content (AvgIpc) is 2.85. The number of piperazine rings is 1. The van der Waals surface area contributed by atoms with Gasteiger partial charge < -0.3 is 4.90 Å². The molecule has 3 fully saturated rings. The number of hydrogen-bond acceptors (Lipinski definition) is 2. The van der Waals surface area contributed by atoms with Crippen LogP contribution in [0.15, 0.2) is 0 Å². The van der Waals surface area contributed by atoms with Crippen molar-refractivity contribution in [2.45, 2.75) is 36.8 Å². The van der Waals surface area contributed by atoms with Crippen molar-refractivity contribution in [3.63, 3.8) is 0 Å². The van der Waals surface area contributed by atoms with Gasteiger partial charge in [0.1, 0.15) is 0 Å². The molecule has 3 rings (SSSR count). The van der Waals surface area contributed by atoms with Gasteiger partial charge in [-0.05, 0) is 39.8 Å². The van der Waals surface area contributed by atoms with E-state index in [2.05, 4.69) is 23.9 Å². The smallest absolute Gasteiger partial charge is 0.0340 e. The van der Waals surface area contributed by atoms with Crippen molar-refractivity contribution < 1.29 is 0 Å². The average molecular weight is 166 g/mol. The van der Waals surface area contributed by atoms with Gasteiger partial charge in [0.25, 0.3) is 0 Å². The highest BCUT2D eigenvalue weighted by Crippen LogP contribution is 2.55. The third-order valence-corrected chi connectivity index (χ3v) is 4.21. The van der Waals surface area contributed by atoms with Gasteiger partial charge in [-0.25, -0.2) is 0 Å². The Hall–Kier alpha value is -0.0800. The van der Waals surface area contributed by atoms with Crippen LogP contribution in [-0.2, 0) is 0 Å². The molecular formula is C10H18N2. The van der Waals surface area contributed by atoms with Gasteiger partial charge in [-0.15, -0.1) is 0 Å². The molecule has 0 aromatic rings. The predicted octanol–water partition coefficient (Wildman–Crippen LogP) is 0.929. The van der Waals surface area contributed by atoms with Gasteiger partial charge in [0, 0.05) is 24.2 Å². The van der Waals surface area contributed by atoms with E-state index < -0.39 is 0 Å². The summed E-state index contributed by atoms with van der Waals surface area (Å²) in [7, 11) is 4.64. The molecule has 2 nitrogen and oxygen atoms in total. The van der Waals surface area contributed by atoms with Gasteiger partial charge in [0.2, 0.25) is 0 Å². The molecule has 68 valence electrons. The normalized spacial score (nSPS) is 37.5. The quantitative estimate of drug-likeness (QED) is 0.528. The Bertz CT molecular complexity index is 194.